The molecule has 3 rings (SSSR count). The van der Waals surface area contributed by atoms with Crippen LogP contribution in [0, 0.1) is 12.8 Å². The summed E-state index contributed by atoms with van der Waals surface area (Å²) in [5.41, 5.74) is 2.54. The van der Waals surface area contributed by atoms with Crippen LogP contribution in [-0.4, -0.2) is 23.8 Å². The lowest BCUT2D eigenvalue weighted by atomic mass is 9.88. The monoisotopic (exact) mass is 314 g/mol. The van der Waals surface area contributed by atoms with Gasteiger partial charge in [0.15, 0.2) is 0 Å². The third-order valence-electron chi connectivity index (χ3n) is 4.62. The van der Waals surface area contributed by atoms with Crippen LogP contribution < -0.4 is 5.32 Å². The van der Waals surface area contributed by atoms with Crippen LogP contribution in [0.1, 0.15) is 49.8 Å². The number of carbonyl (C=O) groups excluding carboxylic acids is 2. The van der Waals surface area contributed by atoms with Gasteiger partial charge in [-0.25, -0.2) is 9.79 Å². The number of esters is 1. The van der Waals surface area contributed by atoms with Crippen molar-refractivity contribution in [3.05, 3.63) is 35.4 Å². The van der Waals surface area contributed by atoms with Crippen molar-refractivity contribution in [2.24, 2.45) is 10.9 Å². The van der Waals surface area contributed by atoms with E-state index in [0.717, 1.165) is 36.8 Å². The number of hydrogen-bond donors (Lipinski definition) is 1. The number of carbonyl (C=O) groups is 2. The van der Waals surface area contributed by atoms with Crippen LogP contribution in [0.25, 0.3) is 0 Å². The zero-order valence-electron chi connectivity index (χ0n) is 13.5. The number of aryl methyl sites for hydroxylation is 1. The largest absolute Gasteiger partial charge is 0.462 e. The van der Waals surface area contributed by atoms with Crippen molar-refractivity contribution in [3.8, 4) is 0 Å². The Morgan fingerprint density at radius 2 is 1.83 bits per heavy atom. The van der Waals surface area contributed by atoms with Crippen LogP contribution in [0.4, 0.5) is 4.79 Å². The Balaban J connectivity index is 1.85. The van der Waals surface area contributed by atoms with Gasteiger partial charge in [0.1, 0.15) is 12.0 Å². The zero-order valence-corrected chi connectivity index (χ0v) is 13.5. The average molecular weight is 314 g/mol. The topological polar surface area (TPSA) is 67.8 Å². The molecule has 1 aromatic rings. The second-order valence-electron chi connectivity index (χ2n) is 6.41. The van der Waals surface area contributed by atoms with Gasteiger partial charge in [0, 0.05) is 5.71 Å². The van der Waals surface area contributed by atoms with Crippen molar-refractivity contribution in [2.45, 2.75) is 51.7 Å². The maximum Gasteiger partial charge on any atom is 0.341 e. The first-order valence-corrected chi connectivity index (χ1v) is 8.17. The van der Waals surface area contributed by atoms with Crippen molar-refractivity contribution in [1.29, 1.82) is 0 Å². The highest BCUT2D eigenvalue weighted by Gasteiger charge is 2.39. The van der Waals surface area contributed by atoms with Gasteiger partial charge in [0.2, 0.25) is 0 Å². The van der Waals surface area contributed by atoms with E-state index in [9.17, 15) is 9.59 Å². The van der Waals surface area contributed by atoms with E-state index in [2.05, 4.69) is 10.3 Å². The summed E-state index contributed by atoms with van der Waals surface area (Å²) < 4.78 is 5.66. The van der Waals surface area contributed by atoms with E-state index in [-0.39, 0.29) is 12.1 Å². The number of hydrogen-bond acceptors (Lipinski definition) is 3. The van der Waals surface area contributed by atoms with E-state index in [1.807, 2.05) is 31.2 Å². The predicted octanol–water partition coefficient (Wildman–Crippen LogP) is 3.32. The maximum absolute atomic E-state index is 12.7. The van der Waals surface area contributed by atoms with E-state index in [1.165, 1.54) is 0 Å². The van der Waals surface area contributed by atoms with E-state index in [4.69, 9.17) is 4.74 Å². The summed E-state index contributed by atoms with van der Waals surface area (Å²) in [5, 5.41) is 2.81. The number of amides is 2. The van der Waals surface area contributed by atoms with Gasteiger partial charge in [-0.2, -0.15) is 0 Å². The summed E-state index contributed by atoms with van der Waals surface area (Å²) in [5.74, 6) is -0.847. The molecule has 2 atom stereocenters. The summed E-state index contributed by atoms with van der Waals surface area (Å²) >= 11 is 0. The minimum absolute atomic E-state index is 0.00611. The highest BCUT2D eigenvalue weighted by Crippen LogP contribution is 2.30. The van der Waals surface area contributed by atoms with Gasteiger partial charge in [-0.3, -0.25) is 4.79 Å². The number of aliphatic imine (C=N–C) groups is 1. The van der Waals surface area contributed by atoms with Gasteiger partial charge in [0.05, 0.1) is 6.04 Å². The fraction of sp³-hybridized carbons (Fsp3) is 0.500. The van der Waals surface area contributed by atoms with Crippen molar-refractivity contribution in [1.82, 2.24) is 5.32 Å². The molecule has 5 heteroatoms. The number of ether oxygens (including phenoxy) is 1. The molecule has 0 saturated heterocycles. The molecule has 1 saturated carbocycles. The van der Waals surface area contributed by atoms with E-state index < -0.39 is 18.0 Å². The molecule has 23 heavy (non-hydrogen) atoms. The number of urea groups is 1. The molecule has 1 aliphatic carbocycles. The molecule has 0 bridgehead atoms. The SMILES string of the molecule is CC1=NC(=O)NC(c2ccc(C)cc2)C1C(=O)OC1CCCC1. The molecule has 0 spiro atoms. The molecule has 0 aromatic heterocycles. The third kappa shape index (κ3) is 3.44. The van der Waals surface area contributed by atoms with Crippen LogP contribution in [0.15, 0.2) is 29.3 Å². The normalized spacial score (nSPS) is 25.0. The Hall–Kier alpha value is -2.17. The zero-order chi connectivity index (χ0) is 16.4. The first kappa shape index (κ1) is 15.7. The lowest BCUT2D eigenvalue weighted by Gasteiger charge is -2.30. The van der Waals surface area contributed by atoms with Crippen LogP contribution >= 0.6 is 0 Å². The minimum atomic E-state index is -0.559. The molecule has 1 N–H and O–H groups in total. The number of nitrogens with one attached hydrogen (secondary N) is 1. The Morgan fingerprint density at radius 1 is 1.17 bits per heavy atom. The molecule has 122 valence electrons. The molecule has 5 nitrogen and oxygen atoms in total. The maximum atomic E-state index is 12.7. The summed E-state index contributed by atoms with van der Waals surface area (Å²) in [6, 6.07) is 7.00. The smallest absolute Gasteiger partial charge is 0.341 e. The van der Waals surface area contributed by atoms with Crippen molar-refractivity contribution >= 4 is 17.7 Å². The minimum Gasteiger partial charge on any atom is -0.462 e. The first-order chi connectivity index (χ1) is 11.0. The molecule has 2 aliphatic rings. The van der Waals surface area contributed by atoms with Crippen LogP contribution in [0.2, 0.25) is 0 Å². The highest BCUT2D eigenvalue weighted by molar-refractivity contribution is 6.08. The fourth-order valence-electron chi connectivity index (χ4n) is 3.32. The van der Waals surface area contributed by atoms with Gasteiger partial charge < -0.3 is 10.1 Å². The molecule has 1 heterocycles. The number of rotatable bonds is 3. The Kier molecular flexibility index (Phi) is 4.46. The molecule has 1 fully saturated rings. The second kappa shape index (κ2) is 6.52. The quantitative estimate of drug-likeness (QED) is 0.870. The summed E-state index contributed by atoms with van der Waals surface area (Å²) in [4.78, 5) is 28.4. The molecule has 1 aliphatic heterocycles. The van der Waals surface area contributed by atoms with Crippen molar-refractivity contribution < 1.29 is 14.3 Å². The van der Waals surface area contributed by atoms with Crippen molar-refractivity contribution in [2.75, 3.05) is 0 Å². The van der Waals surface area contributed by atoms with Crippen LogP contribution in [0.3, 0.4) is 0 Å². The Bertz CT molecular complexity index is 630. The summed E-state index contributed by atoms with van der Waals surface area (Å²) in [6.07, 6.45) is 4.07. The fourth-order valence-corrected chi connectivity index (χ4v) is 3.32. The van der Waals surface area contributed by atoms with Crippen LogP contribution in [0.5, 0.6) is 0 Å². The standard InChI is InChI=1S/C18H22N2O3/c1-11-7-9-13(10-8-11)16-15(12(2)19-18(22)20-16)17(21)23-14-5-3-4-6-14/h7-10,14-16H,3-6H2,1-2H3,(H,20,22). The second-order valence-corrected chi connectivity index (χ2v) is 6.41. The number of nitrogens with zero attached hydrogens (tertiary/aromatic N) is 1. The van der Waals surface area contributed by atoms with E-state index >= 15 is 0 Å². The molecule has 2 amide bonds. The van der Waals surface area contributed by atoms with Gasteiger partial charge in [0.25, 0.3) is 0 Å². The third-order valence-corrected chi connectivity index (χ3v) is 4.62. The molecular weight excluding hydrogens is 292 g/mol. The molecule has 0 radical (unpaired) electrons. The van der Waals surface area contributed by atoms with Gasteiger partial charge in [-0.1, -0.05) is 29.8 Å². The van der Waals surface area contributed by atoms with Gasteiger partial charge >= 0.3 is 12.0 Å². The predicted molar refractivity (Wildman–Crippen MR) is 87.4 cm³/mol. The molecule has 2 unspecified atom stereocenters. The van der Waals surface area contributed by atoms with Crippen molar-refractivity contribution in [3.63, 3.8) is 0 Å². The Morgan fingerprint density at radius 3 is 2.48 bits per heavy atom. The highest BCUT2D eigenvalue weighted by atomic mass is 16.5. The van der Waals surface area contributed by atoms with Gasteiger partial charge in [-0.15, -0.1) is 0 Å². The summed E-state index contributed by atoms with van der Waals surface area (Å²) in [6.45, 7) is 3.72. The lowest BCUT2D eigenvalue weighted by molar-refractivity contribution is -0.152. The number of benzene rings is 1. The first-order valence-electron chi connectivity index (χ1n) is 8.17. The lowest BCUT2D eigenvalue weighted by Crippen LogP contribution is -2.44. The molecule has 1 aromatic carbocycles. The average Bonchev–Trinajstić information content (AvgIpc) is 3.00. The Labute approximate surface area is 136 Å². The van der Waals surface area contributed by atoms with E-state index in [1.54, 1.807) is 6.92 Å². The molecular formula is C18H22N2O3. The summed E-state index contributed by atoms with van der Waals surface area (Å²) in [7, 11) is 0. The van der Waals surface area contributed by atoms with Gasteiger partial charge in [-0.05, 0) is 45.1 Å². The van der Waals surface area contributed by atoms with Crippen LogP contribution in [-0.2, 0) is 9.53 Å². The van der Waals surface area contributed by atoms with E-state index in [0.29, 0.717) is 5.71 Å².